The fraction of sp³-hybridized carbons (Fsp3) is 1.00. The summed E-state index contributed by atoms with van der Waals surface area (Å²) in [4.78, 5) is 0. The van der Waals surface area contributed by atoms with Crippen LogP contribution in [0.25, 0.3) is 0 Å². The van der Waals surface area contributed by atoms with Gasteiger partial charge in [0.2, 0.25) is 0 Å². The Kier molecular flexibility index (Phi) is 5.03. The molecule has 0 saturated heterocycles. The molecule has 0 heterocycles. The zero-order chi connectivity index (χ0) is 11.3. The first kappa shape index (κ1) is 12.9. The zero-order valence-electron chi connectivity index (χ0n) is 10.3. The molecule has 15 heavy (non-hydrogen) atoms. The highest BCUT2D eigenvalue weighted by Crippen LogP contribution is 2.25. The Morgan fingerprint density at radius 1 is 1.40 bits per heavy atom. The lowest BCUT2D eigenvalue weighted by atomic mass is 9.85. The minimum Gasteiger partial charge on any atom is -0.396 e. The van der Waals surface area contributed by atoms with E-state index in [4.69, 9.17) is 4.74 Å². The quantitative estimate of drug-likeness (QED) is 0.677. The van der Waals surface area contributed by atoms with Crippen LogP contribution >= 0.6 is 0 Å². The summed E-state index contributed by atoms with van der Waals surface area (Å²) in [5, 5.41) is 12.8. The predicted octanol–water partition coefficient (Wildman–Crippen LogP) is 1.55. The lowest BCUT2D eigenvalue weighted by Gasteiger charge is -2.38. The van der Waals surface area contributed by atoms with Crippen molar-refractivity contribution in [1.29, 1.82) is 0 Å². The highest BCUT2D eigenvalue weighted by atomic mass is 16.5. The topological polar surface area (TPSA) is 41.5 Å². The Bertz CT molecular complexity index is 174. The number of hydrogen-bond donors (Lipinski definition) is 2. The van der Waals surface area contributed by atoms with Crippen molar-refractivity contribution in [2.24, 2.45) is 5.41 Å². The van der Waals surface area contributed by atoms with Gasteiger partial charge in [-0.15, -0.1) is 0 Å². The number of rotatable bonds is 7. The van der Waals surface area contributed by atoms with Crippen molar-refractivity contribution in [3.63, 3.8) is 0 Å². The Labute approximate surface area is 93.2 Å². The molecule has 1 aliphatic rings. The maximum Gasteiger partial charge on any atom is 0.0604 e. The van der Waals surface area contributed by atoms with Gasteiger partial charge in [-0.1, -0.05) is 13.8 Å². The summed E-state index contributed by atoms with van der Waals surface area (Å²) in [6.07, 6.45) is 3.73. The highest BCUT2D eigenvalue weighted by molar-refractivity contribution is 4.88. The predicted molar refractivity (Wildman–Crippen MR) is 61.9 cm³/mol. The minimum atomic E-state index is 0.0384. The number of aliphatic hydroxyl groups is 1. The Hall–Kier alpha value is -0.120. The summed E-state index contributed by atoms with van der Waals surface area (Å²) >= 11 is 0. The molecule has 90 valence electrons. The molecule has 1 unspecified atom stereocenters. The van der Waals surface area contributed by atoms with Crippen LogP contribution < -0.4 is 5.32 Å². The molecule has 1 rings (SSSR count). The second kappa shape index (κ2) is 5.83. The lowest BCUT2D eigenvalue weighted by Crippen LogP contribution is -2.49. The van der Waals surface area contributed by atoms with Gasteiger partial charge in [0.05, 0.1) is 6.10 Å². The number of nitrogens with one attached hydrogen (secondary N) is 1. The molecule has 0 aromatic rings. The fourth-order valence-electron chi connectivity index (χ4n) is 1.79. The summed E-state index contributed by atoms with van der Waals surface area (Å²) in [5.74, 6) is 0. The first-order chi connectivity index (χ1) is 7.13. The van der Waals surface area contributed by atoms with Crippen LogP contribution in [0.2, 0.25) is 0 Å². The van der Waals surface area contributed by atoms with Gasteiger partial charge in [0, 0.05) is 31.2 Å². The summed E-state index contributed by atoms with van der Waals surface area (Å²) in [6, 6.07) is 0.596. The minimum absolute atomic E-state index is 0.0384. The largest absolute Gasteiger partial charge is 0.396 e. The van der Waals surface area contributed by atoms with E-state index in [2.05, 4.69) is 19.2 Å². The lowest BCUT2D eigenvalue weighted by molar-refractivity contribution is -0.0134. The molecule has 0 bridgehead atoms. The van der Waals surface area contributed by atoms with Gasteiger partial charge < -0.3 is 15.2 Å². The van der Waals surface area contributed by atoms with Crippen molar-refractivity contribution in [1.82, 2.24) is 5.32 Å². The molecule has 2 N–H and O–H groups in total. The van der Waals surface area contributed by atoms with Crippen LogP contribution in [-0.2, 0) is 4.74 Å². The smallest absolute Gasteiger partial charge is 0.0604 e. The van der Waals surface area contributed by atoms with Crippen LogP contribution in [0, 0.1) is 5.41 Å². The molecule has 0 aromatic carbocycles. The number of ether oxygens (including phenoxy) is 1. The van der Waals surface area contributed by atoms with Crippen molar-refractivity contribution in [2.45, 2.75) is 52.2 Å². The van der Waals surface area contributed by atoms with E-state index in [1.54, 1.807) is 0 Å². The molecule has 3 nitrogen and oxygen atoms in total. The molecule has 1 fully saturated rings. The normalized spacial score (nSPS) is 29.6. The molecule has 3 heteroatoms. The van der Waals surface area contributed by atoms with Gasteiger partial charge in [0.15, 0.2) is 0 Å². The van der Waals surface area contributed by atoms with E-state index in [1.807, 2.05) is 6.92 Å². The van der Waals surface area contributed by atoms with Crippen molar-refractivity contribution >= 4 is 0 Å². The van der Waals surface area contributed by atoms with E-state index in [1.165, 1.54) is 0 Å². The molecule has 1 aliphatic carbocycles. The van der Waals surface area contributed by atoms with Crippen molar-refractivity contribution in [3.8, 4) is 0 Å². The van der Waals surface area contributed by atoms with Crippen LogP contribution in [0.3, 0.4) is 0 Å². The molecule has 1 atom stereocenters. The van der Waals surface area contributed by atoms with Crippen LogP contribution in [0.5, 0.6) is 0 Å². The summed E-state index contributed by atoms with van der Waals surface area (Å²) in [6.45, 7) is 8.28. The van der Waals surface area contributed by atoms with E-state index >= 15 is 0 Å². The van der Waals surface area contributed by atoms with Crippen LogP contribution in [0.4, 0.5) is 0 Å². The summed E-state index contributed by atoms with van der Waals surface area (Å²) < 4.78 is 5.50. The first-order valence-electron chi connectivity index (χ1n) is 6.09. The molecule has 0 radical (unpaired) electrons. The van der Waals surface area contributed by atoms with Crippen molar-refractivity contribution in [2.75, 3.05) is 19.8 Å². The average molecular weight is 215 g/mol. The standard InChI is InChI=1S/C12H25NO2/c1-4-12(3,9-14)8-13-10-6-11(7-10)15-5-2/h10-11,13-14H,4-9H2,1-3H3. The molecular formula is C12H25NO2. The maximum atomic E-state index is 9.26. The summed E-state index contributed by atoms with van der Waals surface area (Å²) in [5.41, 5.74) is 0.0384. The summed E-state index contributed by atoms with van der Waals surface area (Å²) in [7, 11) is 0. The van der Waals surface area contributed by atoms with Gasteiger partial charge >= 0.3 is 0 Å². The third kappa shape index (κ3) is 3.74. The van der Waals surface area contributed by atoms with Crippen molar-refractivity contribution in [3.05, 3.63) is 0 Å². The molecular weight excluding hydrogens is 190 g/mol. The van der Waals surface area contributed by atoms with Gasteiger partial charge in [-0.2, -0.15) is 0 Å². The Morgan fingerprint density at radius 2 is 2.07 bits per heavy atom. The molecule has 0 aliphatic heterocycles. The molecule has 0 amide bonds. The Morgan fingerprint density at radius 3 is 2.53 bits per heavy atom. The zero-order valence-corrected chi connectivity index (χ0v) is 10.3. The second-order valence-electron chi connectivity index (χ2n) is 4.95. The van der Waals surface area contributed by atoms with Crippen molar-refractivity contribution < 1.29 is 9.84 Å². The number of aliphatic hydroxyl groups excluding tert-OH is 1. The molecule has 1 saturated carbocycles. The van der Waals surface area contributed by atoms with E-state index in [0.717, 1.165) is 32.4 Å². The monoisotopic (exact) mass is 215 g/mol. The van der Waals surface area contributed by atoms with Gasteiger partial charge in [-0.25, -0.2) is 0 Å². The SMILES string of the molecule is CCOC1CC(NCC(C)(CC)CO)C1. The molecule has 0 aromatic heterocycles. The van der Waals surface area contributed by atoms with Gasteiger partial charge in [-0.05, 0) is 26.2 Å². The van der Waals surface area contributed by atoms with E-state index in [-0.39, 0.29) is 12.0 Å². The van der Waals surface area contributed by atoms with E-state index < -0.39 is 0 Å². The van der Waals surface area contributed by atoms with Crippen LogP contribution in [-0.4, -0.2) is 37.0 Å². The number of hydrogen-bond acceptors (Lipinski definition) is 3. The maximum absolute atomic E-state index is 9.26. The first-order valence-corrected chi connectivity index (χ1v) is 6.09. The van der Waals surface area contributed by atoms with E-state index in [9.17, 15) is 5.11 Å². The van der Waals surface area contributed by atoms with E-state index in [0.29, 0.717) is 12.1 Å². The fourth-order valence-corrected chi connectivity index (χ4v) is 1.79. The van der Waals surface area contributed by atoms with Crippen LogP contribution in [0.1, 0.15) is 40.0 Å². The average Bonchev–Trinajstić information content (AvgIpc) is 2.21. The Balaban J connectivity index is 2.12. The second-order valence-corrected chi connectivity index (χ2v) is 4.95. The third-order valence-electron chi connectivity index (χ3n) is 3.55. The highest BCUT2D eigenvalue weighted by Gasteiger charge is 2.31. The molecule has 0 spiro atoms. The van der Waals surface area contributed by atoms with Crippen LogP contribution in [0.15, 0.2) is 0 Å². The van der Waals surface area contributed by atoms with Gasteiger partial charge in [-0.3, -0.25) is 0 Å². The van der Waals surface area contributed by atoms with Gasteiger partial charge in [0.1, 0.15) is 0 Å². The third-order valence-corrected chi connectivity index (χ3v) is 3.55. The van der Waals surface area contributed by atoms with Gasteiger partial charge in [0.25, 0.3) is 0 Å².